The molecule has 1 aliphatic rings. The minimum atomic E-state index is 0.168. The van der Waals surface area contributed by atoms with Gasteiger partial charge in [0.1, 0.15) is 0 Å². The first-order valence-electron chi connectivity index (χ1n) is 7.15. The first-order chi connectivity index (χ1) is 8.65. The number of nitrogens with two attached hydrogens (primary N) is 1. The number of hydrogen-bond donors (Lipinski definition) is 1. The van der Waals surface area contributed by atoms with Crippen LogP contribution in [-0.2, 0) is 6.42 Å². The number of rotatable bonds is 5. The molecule has 0 fully saturated rings. The van der Waals surface area contributed by atoms with E-state index in [0.717, 1.165) is 25.4 Å². The Morgan fingerprint density at radius 3 is 2.89 bits per heavy atom. The molecule has 3 nitrogen and oxygen atoms in total. The Morgan fingerprint density at radius 2 is 2.28 bits per heavy atom. The molecular formula is C14H25N3S. The molecule has 2 N–H and O–H groups in total. The fourth-order valence-corrected chi connectivity index (χ4v) is 3.67. The summed E-state index contributed by atoms with van der Waals surface area (Å²) in [6.45, 7) is 8.91. The van der Waals surface area contributed by atoms with Crippen molar-refractivity contribution in [3.63, 3.8) is 0 Å². The summed E-state index contributed by atoms with van der Waals surface area (Å²) in [5.41, 5.74) is 7.32. The van der Waals surface area contributed by atoms with Crippen molar-refractivity contribution < 1.29 is 0 Å². The lowest BCUT2D eigenvalue weighted by Gasteiger charge is -2.23. The van der Waals surface area contributed by atoms with E-state index in [9.17, 15) is 0 Å². The van der Waals surface area contributed by atoms with Gasteiger partial charge in [0, 0.05) is 24.0 Å². The summed E-state index contributed by atoms with van der Waals surface area (Å²) >= 11 is 1.86. The van der Waals surface area contributed by atoms with Crippen LogP contribution in [0.2, 0.25) is 0 Å². The highest BCUT2D eigenvalue weighted by Crippen LogP contribution is 2.35. The van der Waals surface area contributed by atoms with E-state index < -0.39 is 0 Å². The van der Waals surface area contributed by atoms with Gasteiger partial charge < -0.3 is 10.6 Å². The third-order valence-electron chi connectivity index (χ3n) is 3.87. The Kier molecular flexibility index (Phi) is 4.62. The Labute approximate surface area is 114 Å². The van der Waals surface area contributed by atoms with Gasteiger partial charge in [0.2, 0.25) is 0 Å². The largest absolute Gasteiger partial charge is 0.348 e. The second-order valence-electron chi connectivity index (χ2n) is 5.36. The lowest BCUT2D eigenvalue weighted by atomic mass is 9.99. The summed E-state index contributed by atoms with van der Waals surface area (Å²) in [5.74, 6) is 0.722. The third kappa shape index (κ3) is 2.86. The number of aryl methyl sites for hydroxylation is 1. The van der Waals surface area contributed by atoms with Crippen LogP contribution >= 0.6 is 11.3 Å². The minimum Gasteiger partial charge on any atom is -0.348 e. The molecule has 0 saturated heterocycles. The molecule has 1 aromatic rings. The van der Waals surface area contributed by atoms with Crippen molar-refractivity contribution in [2.45, 2.75) is 52.5 Å². The maximum Gasteiger partial charge on any atom is 0.185 e. The van der Waals surface area contributed by atoms with Crippen molar-refractivity contribution in [3.8, 4) is 0 Å². The zero-order valence-corrected chi connectivity index (χ0v) is 12.6. The smallest absolute Gasteiger partial charge is 0.185 e. The van der Waals surface area contributed by atoms with Crippen molar-refractivity contribution in [3.05, 3.63) is 10.6 Å². The number of thiazole rings is 1. The molecule has 102 valence electrons. The molecule has 2 atom stereocenters. The Morgan fingerprint density at radius 1 is 1.50 bits per heavy atom. The molecule has 2 unspecified atom stereocenters. The second kappa shape index (κ2) is 6.02. The summed E-state index contributed by atoms with van der Waals surface area (Å²) < 4.78 is 0. The first-order valence-corrected chi connectivity index (χ1v) is 7.97. The molecule has 0 aromatic carbocycles. The van der Waals surface area contributed by atoms with Crippen LogP contribution in [0.1, 0.15) is 56.6 Å². The average molecular weight is 267 g/mol. The minimum absolute atomic E-state index is 0.168. The fraction of sp³-hybridized carbons (Fsp3) is 0.786. The van der Waals surface area contributed by atoms with Crippen molar-refractivity contribution in [1.29, 1.82) is 0 Å². The molecule has 0 bridgehead atoms. The fourth-order valence-electron chi connectivity index (χ4n) is 2.42. The lowest BCUT2D eigenvalue weighted by molar-refractivity contribution is 0.543. The van der Waals surface area contributed by atoms with Crippen molar-refractivity contribution in [2.75, 3.05) is 18.0 Å². The standard InChI is InChI=1S/C14H25N3S/c1-4-10(3)9-17(5-2)14-16-13-11(15)7-6-8-12(13)18-14/h10-11H,4-9,15H2,1-3H3. The van der Waals surface area contributed by atoms with E-state index in [0.29, 0.717) is 0 Å². The summed E-state index contributed by atoms with van der Waals surface area (Å²) in [7, 11) is 0. The van der Waals surface area contributed by atoms with Crippen LogP contribution in [-0.4, -0.2) is 18.1 Å². The van der Waals surface area contributed by atoms with Crippen LogP contribution < -0.4 is 10.6 Å². The van der Waals surface area contributed by atoms with Crippen LogP contribution in [0.25, 0.3) is 0 Å². The Hall–Kier alpha value is -0.610. The SMILES string of the molecule is CCC(C)CN(CC)c1nc2c(s1)CCCC2N. The summed E-state index contributed by atoms with van der Waals surface area (Å²) in [4.78, 5) is 8.64. The van der Waals surface area contributed by atoms with Gasteiger partial charge in [0.15, 0.2) is 5.13 Å². The number of fused-ring (bicyclic) bond motifs is 1. The van der Waals surface area contributed by atoms with Gasteiger partial charge in [-0.15, -0.1) is 11.3 Å². The molecule has 0 saturated carbocycles. The Balaban J connectivity index is 2.16. The Bertz CT molecular complexity index is 388. The number of aromatic nitrogens is 1. The summed E-state index contributed by atoms with van der Waals surface area (Å²) in [6, 6.07) is 0.168. The van der Waals surface area contributed by atoms with E-state index in [-0.39, 0.29) is 6.04 Å². The predicted molar refractivity (Wildman–Crippen MR) is 79.3 cm³/mol. The van der Waals surface area contributed by atoms with Crippen molar-refractivity contribution in [2.24, 2.45) is 11.7 Å². The highest BCUT2D eigenvalue weighted by Gasteiger charge is 2.23. The van der Waals surface area contributed by atoms with Gasteiger partial charge in [-0.3, -0.25) is 0 Å². The molecule has 1 heterocycles. The molecule has 0 aliphatic heterocycles. The van der Waals surface area contributed by atoms with E-state index >= 15 is 0 Å². The first kappa shape index (κ1) is 13.8. The maximum atomic E-state index is 6.15. The van der Waals surface area contributed by atoms with Gasteiger partial charge in [-0.05, 0) is 32.1 Å². The van der Waals surface area contributed by atoms with Crippen LogP contribution in [0.3, 0.4) is 0 Å². The van der Waals surface area contributed by atoms with E-state index in [4.69, 9.17) is 10.7 Å². The zero-order chi connectivity index (χ0) is 13.1. The monoisotopic (exact) mass is 267 g/mol. The molecule has 0 amide bonds. The topological polar surface area (TPSA) is 42.2 Å². The number of nitrogens with zero attached hydrogens (tertiary/aromatic N) is 2. The highest BCUT2D eigenvalue weighted by molar-refractivity contribution is 7.15. The molecule has 18 heavy (non-hydrogen) atoms. The van der Waals surface area contributed by atoms with Gasteiger partial charge in [0.05, 0.1) is 5.69 Å². The molecule has 2 rings (SSSR count). The summed E-state index contributed by atoms with van der Waals surface area (Å²) in [6.07, 6.45) is 4.70. The van der Waals surface area contributed by atoms with E-state index in [2.05, 4.69) is 25.7 Å². The molecule has 1 aliphatic carbocycles. The quantitative estimate of drug-likeness (QED) is 0.889. The van der Waals surface area contributed by atoms with Crippen LogP contribution in [0.4, 0.5) is 5.13 Å². The van der Waals surface area contributed by atoms with Gasteiger partial charge in [-0.1, -0.05) is 20.3 Å². The van der Waals surface area contributed by atoms with Crippen LogP contribution in [0.15, 0.2) is 0 Å². The van der Waals surface area contributed by atoms with Crippen molar-refractivity contribution >= 4 is 16.5 Å². The van der Waals surface area contributed by atoms with E-state index in [1.54, 1.807) is 0 Å². The lowest BCUT2D eigenvalue weighted by Crippen LogP contribution is -2.28. The molecule has 1 aromatic heterocycles. The van der Waals surface area contributed by atoms with Gasteiger partial charge >= 0.3 is 0 Å². The average Bonchev–Trinajstić information content (AvgIpc) is 2.80. The molecule has 4 heteroatoms. The van der Waals surface area contributed by atoms with Gasteiger partial charge in [0.25, 0.3) is 0 Å². The van der Waals surface area contributed by atoms with Crippen molar-refractivity contribution in [1.82, 2.24) is 4.98 Å². The number of hydrogen-bond acceptors (Lipinski definition) is 4. The normalized spacial score (nSPS) is 20.6. The van der Waals surface area contributed by atoms with E-state index in [1.807, 2.05) is 11.3 Å². The molecule has 0 spiro atoms. The van der Waals surface area contributed by atoms with Crippen LogP contribution in [0, 0.1) is 5.92 Å². The molecular weight excluding hydrogens is 242 g/mol. The van der Waals surface area contributed by atoms with Gasteiger partial charge in [-0.25, -0.2) is 4.98 Å². The summed E-state index contributed by atoms with van der Waals surface area (Å²) in [5, 5.41) is 1.18. The highest BCUT2D eigenvalue weighted by atomic mass is 32.1. The van der Waals surface area contributed by atoms with Gasteiger partial charge in [-0.2, -0.15) is 0 Å². The maximum absolute atomic E-state index is 6.15. The van der Waals surface area contributed by atoms with Crippen LogP contribution in [0.5, 0.6) is 0 Å². The second-order valence-corrected chi connectivity index (χ2v) is 6.42. The van der Waals surface area contributed by atoms with E-state index in [1.165, 1.54) is 35.0 Å². The zero-order valence-electron chi connectivity index (χ0n) is 11.8. The molecule has 0 radical (unpaired) electrons. The third-order valence-corrected chi connectivity index (χ3v) is 5.06. The predicted octanol–water partition coefficient (Wildman–Crippen LogP) is 3.35. The number of anilines is 1.